The highest BCUT2D eigenvalue weighted by Gasteiger charge is 2.34. The number of benzene rings is 1. The average molecular weight is 262 g/mol. The molecule has 0 bridgehead atoms. The smallest absolute Gasteiger partial charge is 0.305 e. The molecule has 1 aromatic rings. The van der Waals surface area contributed by atoms with Crippen LogP contribution in [0.4, 0.5) is 0 Å². The molecule has 102 valence electrons. The van der Waals surface area contributed by atoms with Crippen molar-refractivity contribution in [1.29, 1.82) is 0 Å². The van der Waals surface area contributed by atoms with Crippen molar-refractivity contribution < 1.29 is 14.7 Å². The Morgan fingerprint density at radius 2 is 2.32 bits per heavy atom. The highest BCUT2D eigenvalue weighted by Crippen LogP contribution is 2.29. The largest absolute Gasteiger partial charge is 0.481 e. The van der Waals surface area contributed by atoms with Crippen molar-refractivity contribution in [2.24, 2.45) is 5.73 Å². The summed E-state index contributed by atoms with van der Waals surface area (Å²) >= 11 is 0. The summed E-state index contributed by atoms with van der Waals surface area (Å²) in [5.74, 6) is -0.986. The number of carbonyl (C=O) groups is 2. The Kier molecular flexibility index (Phi) is 3.85. The topological polar surface area (TPSA) is 83.6 Å². The van der Waals surface area contributed by atoms with Crippen LogP contribution in [0.5, 0.6) is 0 Å². The summed E-state index contributed by atoms with van der Waals surface area (Å²) in [5, 5.41) is 9.06. The van der Waals surface area contributed by atoms with E-state index in [1.807, 2.05) is 31.2 Å². The number of hydrogen-bond donors (Lipinski definition) is 2. The average Bonchev–Trinajstić information content (AvgIpc) is 2.65. The molecule has 2 rings (SSSR count). The number of aryl methyl sites for hydroxylation is 1. The molecule has 1 aliphatic heterocycles. The van der Waals surface area contributed by atoms with Crippen molar-refractivity contribution in [3.63, 3.8) is 0 Å². The zero-order valence-corrected chi connectivity index (χ0v) is 10.9. The molecule has 1 aliphatic rings. The molecule has 1 amide bonds. The first-order valence-electron chi connectivity index (χ1n) is 6.31. The summed E-state index contributed by atoms with van der Waals surface area (Å²) < 4.78 is 0. The van der Waals surface area contributed by atoms with Crippen LogP contribution in [0.15, 0.2) is 24.3 Å². The van der Waals surface area contributed by atoms with Crippen molar-refractivity contribution in [2.45, 2.75) is 31.8 Å². The van der Waals surface area contributed by atoms with Gasteiger partial charge in [-0.05, 0) is 12.5 Å². The van der Waals surface area contributed by atoms with E-state index in [1.54, 1.807) is 4.90 Å². The van der Waals surface area contributed by atoms with E-state index in [-0.39, 0.29) is 18.4 Å². The van der Waals surface area contributed by atoms with Gasteiger partial charge in [0.2, 0.25) is 5.91 Å². The minimum Gasteiger partial charge on any atom is -0.481 e. The van der Waals surface area contributed by atoms with Crippen LogP contribution in [0.1, 0.15) is 30.0 Å². The zero-order chi connectivity index (χ0) is 14.0. The lowest BCUT2D eigenvalue weighted by atomic mass is 10.0. The van der Waals surface area contributed by atoms with Crippen LogP contribution in [0, 0.1) is 6.92 Å². The van der Waals surface area contributed by atoms with Gasteiger partial charge in [0.05, 0.1) is 12.5 Å². The summed E-state index contributed by atoms with van der Waals surface area (Å²) in [6.07, 6.45) is 0.198. The lowest BCUT2D eigenvalue weighted by Crippen LogP contribution is -2.33. The molecule has 0 aromatic heterocycles. The number of carboxylic acids is 1. The fourth-order valence-corrected chi connectivity index (χ4v) is 2.51. The van der Waals surface area contributed by atoms with Crippen LogP contribution >= 0.6 is 0 Å². The molecule has 2 unspecified atom stereocenters. The highest BCUT2D eigenvalue weighted by atomic mass is 16.4. The van der Waals surface area contributed by atoms with Crippen LogP contribution < -0.4 is 5.73 Å². The van der Waals surface area contributed by atoms with Gasteiger partial charge in [0, 0.05) is 19.0 Å². The predicted molar refractivity (Wildman–Crippen MR) is 70.5 cm³/mol. The third-order valence-corrected chi connectivity index (χ3v) is 3.36. The molecule has 1 aromatic carbocycles. The van der Waals surface area contributed by atoms with E-state index in [2.05, 4.69) is 0 Å². The van der Waals surface area contributed by atoms with E-state index in [9.17, 15) is 9.59 Å². The Balaban J connectivity index is 2.30. The van der Waals surface area contributed by atoms with Crippen LogP contribution in [-0.2, 0) is 9.59 Å². The zero-order valence-electron chi connectivity index (χ0n) is 10.9. The van der Waals surface area contributed by atoms with Crippen LogP contribution in [-0.4, -0.2) is 34.5 Å². The molecule has 0 spiro atoms. The van der Waals surface area contributed by atoms with Crippen molar-refractivity contribution in [3.05, 3.63) is 35.4 Å². The fraction of sp³-hybridized carbons (Fsp3) is 0.429. The lowest BCUT2D eigenvalue weighted by molar-refractivity contribution is -0.139. The Bertz CT molecular complexity index is 501. The van der Waals surface area contributed by atoms with E-state index in [0.29, 0.717) is 13.0 Å². The normalized spacial score (nSPS) is 20.6. The van der Waals surface area contributed by atoms with Crippen LogP contribution in [0.2, 0.25) is 0 Å². The SMILES string of the molecule is Cc1cccc(C(CC(=O)O)N2CC(N)CC2=O)c1. The van der Waals surface area contributed by atoms with E-state index < -0.39 is 12.0 Å². The Hall–Kier alpha value is -1.88. The second-order valence-electron chi connectivity index (χ2n) is 5.04. The number of amides is 1. The number of hydrogen-bond acceptors (Lipinski definition) is 3. The molecule has 1 heterocycles. The van der Waals surface area contributed by atoms with E-state index >= 15 is 0 Å². The van der Waals surface area contributed by atoms with Crippen molar-refractivity contribution in [2.75, 3.05) is 6.54 Å². The van der Waals surface area contributed by atoms with Gasteiger partial charge in [-0.25, -0.2) is 0 Å². The fourth-order valence-electron chi connectivity index (χ4n) is 2.51. The minimum absolute atomic E-state index is 0.0692. The predicted octanol–water partition coefficient (Wildman–Crippen LogP) is 1.07. The molecule has 0 saturated carbocycles. The second kappa shape index (κ2) is 5.40. The molecule has 5 nitrogen and oxygen atoms in total. The third-order valence-electron chi connectivity index (χ3n) is 3.36. The third kappa shape index (κ3) is 3.12. The minimum atomic E-state index is -0.917. The van der Waals surface area contributed by atoms with Gasteiger partial charge in [-0.3, -0.25) is 9.59 Å². The van der Waals surface area contributed by atoms with Gasteiger partial charge in [0.25, 0.3) is 0 Å². The molecular weight excluding hydrogens is 244 g/mol. The standard InChI is InChI=1S/C14H18N2O3/c1-9-3-2-4-10(5-9)12(7-14(18)19)16-8-11(15)6-13(16)17/h2-5,11-12H,6-8,15H2,1H3,(H,18,19). The van der Waals surface area contributed by atoms with Gasteiger partial charge in [0.15, 0.2) is 0 Å². The lowest BCUT2D eigenvalue weighted by Gasteiger charge is -2.27. The quantitative estimate of drug-likeness (QED) is 0.850. The molecule has 1 fully saturated rings. The van der Waals surface area contributed by atoms with Gasteiger partial charge in [-0.1, -0.05) is 29.8 Å². The van der Waals surface area contributed by atoms with E-state index in [0.717, 1.165) is 11.1 Å². The van der Waals surface area contributed by atoms with Crippen molar-refractivity contribution in [1.82, 2.24) is 4.90 Å². The highest BCUT2D eigenvalue weighted by molar-refractivity contribution is 5.80. The number of aliphatic carboxylic acids is 1. The van der Waals surface area contributed by atoms with Gasteiger partial charge in [-0.2, -0.15) is 0 Å². The summed E-state index contributed by atoms with van der Waals surface area (Å²) in [4.78, 5) is 24.6. The van der Waals surface area contributed by atoms with Gasteiger partial charge in [0.1, 0.15) is 0 Å². The summed E-state index contributed by atoms with van der Waals surface area (Å²) in [6.45, 7) is 2.36. The molecular formula is C14H18N2O3. The van der Waals surface area contributed by atoms with Gasteiger partial charge in [-0.15, -0.1) is 0 Å². The van der Waals surface area contributed by atoms with E-state index in [4.69, 9.17) is 10.8 Å². The molecule has 3 N–H and O–H groups in total. The molecule has 1 saturated heterocycles. The monoisotopic (exact) mass is 262 g/mol. The molecule has 19 heavy (non-hydrogen) atoms. The van der Waals surface area contributed by atoms with Crippen LogP contribution in [0.3, 0.4) is 0 Å². The van der Waals surface area contributed by atoms with E-state index in [1.165, 1.54) is 0 Å². The maximum Gasteiger partial charge on any atom is 0.305 e. The summed E-state index contributed by atoms with van der Waals surface area (Å²) in [6, 6.07) is 6.97. The maximum absolute atomic E-state index is 11.9. The number of likely N-dealkylation sites (tertiary alicyclic amines) is 1. The van der Waals surface area contributed by atoms with Crippen LogP contribution in [0.25, 0.3) is 0 Å². The number of rotatable bonds is 4. The maximum atomic E-state index is 11.9. The first-order valence-corrected chi connectivity index (χ1v) is 6.31. The molecule has 5 heteroatoms. The molecule has 2 atom stereocenters. The number of carboxylic acid groups (broad SMARTS) is 1. The molecule has 0 radical (unpaired) electrons. The first kappa shape index (κ1) is 13.5. The summed E-state index contributed by atoms with van der Waals surface area (Å²) in [7, 11) is 0. The summed E-state index contributed by atoms with van der Waals surface area (Å²) in [5.41, 5.74) is 7.68. The molecule has 0 aliphatic carbocycles. The number of nitrogens with zero attached hydrogens (tertiary/aromatic N) is 1. The van der Waals surface area contributed by atoms with Crippen molar-refractivity contribution >= 4 is 11.9 Å². The Morgan fingerprint density at radius 3 is 2.84 bits per heavy atom. The number of carbonyl (C=O) groups excluding carboxylic acids is 1. The first-order chi connectivity index (χ1) is 8.97. The van der Waals surface area contributed by atoms with Gasteiger partial charge >= 0.3 is 5.97 Å². The van der Waals surface area contributed by atoms with Crippen molar-refractivity contribution in [3.8, 4) is 0 Å². The van der Waals surface area contributed by atoms with Gasteiger partial charge < -0.3 is 15.7 Å². The Morgan fingerprint density at radius 1 is 1.58 bits per heavy atom. The Labute approximate surface area is 112 Å². The number of nitrogens with two attached hydrogens (primary N) is 1. The second-order valence-corrected chi connectivity index (χ2v) is 5.04.